The Labute approximate surface area is 210 Å². The van der Waals surface area contributed by atoms with E-state index in [1.54, 1.807) is 37.0 Å². The highest BCUT2D eigenvalue weighted by Gasteiger charge is 2.20. The highest BCUT2D eigenvalue weighted by Crippen LogP contribution is 2.40. The highest BCUT2D eigenvalue weighted by atomic mass is 79.9. The molecule has 1 aliphatic rings. The van der Waals surface area contributed by atoms with Crippen LogP contribution in [0.1, 0.15) is 18.4 Å². The summed E-state index contributed by atoms with van der Waals surface area (Å²) in [6, 6.07) is 10.9. The number of methoxy groups -OCH3 is 2. The zero-order valence-electron chi connectivity index (χ0n) is 19.5. The topological polar surface area (TPSA) is 110 Å². The van der Waals surface area contributed by atoms with Crippen molar-refractivity contribution < 1.29 is 24.2 Å². The molecule has 1 aromatic heterocycles. The van der Waals surface area contributed by atoms with E-state index in [-0.39, 0.29) is 11.6 Å². The Morgan fingerprint density at radius 1 is 1.11 bits per heavy atom. The second-order valence-electron chi connectivity index (χ2n) is 7.94. The average molecular weight is 544 g/mol. The second kappa shape index (κ2) is 11.3. The summed E-state index contributed by atoms with van der Waals surface area (Å²) >= 11 is 3.46. The van der Waals surface area contributed by atoms with Gasteiger partial charge in [-0.15, -0.1) is 10.2 Å². The lowest BCUT2D eigenvalue weighted by Crippen LogP contribution is -2.22. The lowest BCUT2D eigenvalue weighted by Gasteiger charge is -2.17. The smallest absolute Gasteiger partial charge is 0.304 e. The first-order valence-electron chi connectivity index (χ1n) is 11.0. The van der Waals surface area contributed by atoms with Crippen LogP contribution in [0.15, 0.2) is 56.3 Å². The van der Waals surface area contributed by atoms with Crippen LogP contribution in [0, 0.1) is 0 Å². The molecule has 0 aliphatic carbocycles. The van der Waals surface area contributed by atoms with Gasteiger partial charge in [-0.25, -0.2) is 0 Å². The molecule has 0 bridgehead atoms. The van der Waals surface area contributed by atoms with Crippen molar-refractivity contribution in [3.63, 3.8) is 0 Å². The van der Waals surface area contributed by atoms with Gasteiger partial charge in [-0.05, 0) is 62.3 Å². The van der Waals surface area contributed by atoms with Crippen molar-refractivity contribution in [2.45, 2.75) is 19.5 Å². The number of halogens is 1. The summed E-state index contributed by atoms with van der Waals surface area (Å²) in [4.78, 5) is 19.5. The molecule has 11 heteroatoms. The van der Waals surface area contributed by atoms with E-state index in [4.69, 9.17) is 14.3 Å². The van der Waals surface area contributed by atoms with E-state index in [1.807, 2.05) is 18.2 Å². The van der Waals surface area contributed by atoms with Crippen molar-refractivity contribution in [2.75, 3.05) is 33.9 Å². The molecule has 10 nitrogen and oxygen atoms in total. The van der Waals surface area contributed by atoms with Gasteiger partial charge in [0.15, 0.2) is 23.8 Å². The zero-order valence-corrected chi connectivity index (χ0v) is 21.1. The largest absolute Gasteiger partial charge is 0.493 e. The molecule has 1 saturated heterocycles. The third-order valence-electron chi connectivity index (χ3n) is 5.65. The van der Waals surface area contributed by atoms with E-state index in [2.05, 4.69) is 36.2 Å². The van der Waals surface area contributed by atoms with E-state index in [1.165, 1.54) is 6.21 Å². The molecule has 35 heavy (non-hydrogen) atoms. The van der Waals surface area contributed by atoms with Gasteiger partial charge in [-0.1, -0.05) is 21.1 Å². The number of rotatable bonds is 9. The lowest BCUT2D eigenvalue weighted by atomic mass is 10.2. The van der Waals surface area contributed by atoms with E-state index in [0.29, 0.717) is 29.1 Å². The molecule has 1 N–H and O–H groups in total. The predicted octanol–water partition coefficient (Wildman–Crippen LogP) is 4.84. The minimum atomic E-state index is -0.635. The maximum Gasteiger partial charge on any atom is 0.304 e. The van der Waals surface area contributed by atoms with Crippen LogP contribution >= 0.6 is 15.9 Å². The number of azo groups is 1. The minimum Gasteiger partial charge on any atom is -0.493 e. The fraction of sp³-hybridized carbons (Fsp3) is 0.333. The number of likely N-dealkylation sites (tertiary alicyclic amines) is 1. The lowest BCUT2D eigenvalue weighted by molar-refractivity contribution is -0.122. The Balaban J connectivity index is 1.43. The molecule has 0 unspecified atom stereocenters. The quantitative estimate of drug-likeness (QED) is 0.235. The number of carbonyl (C=O) groups excluding carboxylic acids is 1. The van der Waals surface area contributed by atoms with Crippen molar-refractivity contribution in [3.8, 4) is 17.4 Å². The van der Waals surface area contributed by atoms with E-state index in [9.17, 15) is 9.90 Å². The standard InChI is InChI=1S/C24H26BrN5O5/c1-33-20-8-5-16(11-21(20)34-2)13-26-35-14-22(31)27-28-23-18-12-17(25)6-7-19(18)30(24(23)32)15-29-9-3-4-10-29/h5-8,11-13,32H,3-4,9-10,14-15H2,1-2H3. The number of hydrogen-bond acceptors (Lipinski definition) is 8. The molecule has 1 amide bonds. The van der Waals surface area contributed by atoms with E-state index >= 15 is 0 Å². The van der Waals surface area contributed by atoms with Gasteiger partial charge < -0.3 is 19.4 Å². The number of nitrogens with zero attached hydrogens (tertiary/aromatic N) is 5. The molecule has 0 saturated carbocycles. The molecule has 3 aromatic rings. The van der Waals surface area contributed by atoms with Crippen LogP contribution in [-0.4, -0.2) is 60.6 Å². The number of ether oxygens (including phenoxy) is 2. The molecular weight excluding hydrogens is 518 g/mol. The number of aromatic nitrogens is 1. The molecule has 4 rings (SSSR count). The Morgan fingerprint density at radius 2 is 1.89 bits per heavy atom. The van der Waals surface area contributed by atoms with Gasteiger partial charge in [0, 0.05) is 15.4 Å². The Kier molecular flexibility index (Phi) is 7.98. The third-order valence-corrected chi connectivity index (χ3v) is 6.14. The third kappa shape index (κ3) is 5.80. The van der Waals surface area contributed by atoms with Gasteiger partial charge in [0.2, 0.25) is 5.88 Å². The van der Waals surface area contributed by atoms with Gasteiger partial charge in [-0.2, -0.15) is 0 Å². The number of carbonyl (C=O) groups is 1. The van der Waals surface area contributed by atoms with E-state index in [0.717, 1.165) is 35.9 Å². The van der Waals surface area contributed by atoms with Crippen molar-refractivity contribution >= 4 is 44.6 Å². The fourth-order valence-corrected chi connectivity index (χ4v) is 4.28. The summed E-state index contributed by atoms with van der Waals surface area (Å²) in [5.41, 5.74) is 1.76. The number of amides is 1. The van der Waals surface area contributed by atoms with Crippen molar-refractivity contribution in [3.05, 3.63) is 46.4 Å². The number of fused-ring (bicyclic) bond motifs is 1. The number of oxime groups is 1. The fourth-order valence-electron chi connectivity index (χ4n) is 3.92. The average Bonchev–Trinajstić information content (AvgIpc) is 3.47. The molecule has 2 heterocycles. The highest BCUT2D eigenvalue weighted by molar-refractivity contribution is 9.10. The summed E-state index contributed by atoms with van der Waals surface area (Å²) in [6.45, 7) is 2.10. The van der Waals surface area contributed by atoms with Gasteiger partial charge >= 0.3 is 5.91 Å². The van der Waals surface area contributed by atoms with Crippen LogP contribution in [0.3, 0.4) is 0 Å². The first kappa shape index (κ1) is 24.7. The van der Waals surface area contributed by atoms with Crippen LogP contribution < -0.4 is 9.47 Å². The summed E-state index contributed by atoms with van der Waals surface area (Å²) in [6.07, 6.45) is 3.73. The maximum atomic E-state index is 12.2. The predicted molar refractivity (Wildman–Crippen MR) is 135 cm³/mol. The van der Waals surface area contributed by atoms with Gasteiger partial charge in [0.25, 0.3) is 0 Å². The van der Waals surface area contributed by atoms with Crippen molar-refractivity contribution in [1.82, 2.24) is 9.47 Å². The molecule has 1 aliphatic heterocycles. The first-order valence-corrected chi connectivity index (χ1v) is 11.8. The van der Waals surface area contributed by atoms with Gasteiger partial charge in [0.1, 0.15) is 0 Å². The molecule has 2 aromatic carbocycles. The Bertz CT molecular complexity index is 1270. The van der Waals surface area contributed by atoms with Crippen molar-refractivity contribution in [2.24, 2.45) is 15.4 Å². The van der Waals surface area contributed by atoms with Crippen LogP contribution in [-0.2, 0) is 16.3 Å². The maximum absolute atomic E-state index is 12.2. The molecular formula is C24H26BrN5O5. The minimum absolute atomic E-state index is 0.0334. The van der Waals surface area contributed by atoms with Crippen molar-refractivity contribution in [1.29, 1.82) is 0 Å². The normalized spacial score (nSPS) is 14.4. The Hall–Kier alpha value is -3.44. The second-order valence-corrected chi connectivity index (χ2v) is 8.86. The summed E-state index contributed by atoms with van der Waals surface area (Å²) in [5, 5.41) is 23.1. The molecule has 0 atom stereocenters. The first-order chi connectivity index (χ1) is 17.0. The van der Waals surface area contributed by atoms with Gasteiger partial charge in [-0.3, -0.25) is 14.3 Å². The summed E-state index contributed by atoms with van der Waals surface area (Å²) in [7, 11) is 3.10. The van der Waals surface area contributed by atoms with Crippen LogP contribution in [0.2, 0.25) is 0 Å². The number of benzene rings is 2. The van der Waals surface area contributed by atoms with Crippen LogP contribution in [0.4, 0.5) is 5.69 Å². The van der Waals surface area contributed by atoms with Gasteiger partial charge in [0.05, 0.1) is 32.6 Å². The Morgan fingerprint density at radius 3 is 2.63 bits per heavy atom. The summed E-state index contributed by atoms with van der Waals surface area (Å²) < 4.78 is 13.1. The number of aromatic hydroxyl groups is 1. The SMILES string of the molecule is COc1ccc(C=NOCC(=O)N=Nc2c(O)n(CN3CCCC3)c3ccc(Br)cc23)cc1OC. The molecule has 0 radical (unpaired) electrons. The molecule has 1 fully saturated rings. The van der Waals surface area contributed by atoms with Crippen LogP contribution in [0.25, 0.3) is 10.9 Å². The monoisotopic (exact) mass is 543 g/mol. The zero-order chi connectivity index (χ0) is 24.8. The molecule has 0 spiro atoms. The number of hydrogen-bond donors (Lipinski definition) is 1. The van der Waals surface area contributed by atoms with Crippen LogP contribution in [0.5, 0.6) is 17.4 Å². The summed E-state index contributed by atoms with van der Waals surface area (Å²) in [5.74, 6) is 0.480. The molecule has 184 valence electrons. The van der Waals surface area contributed by atoms with E-state index < -0.39 is 12.5 Å².